The first-order chi connectivity index (χ1) is 11.1. The number of carbonyl (C=O) groups excluding carboxylic acids is 1. The first-order valence-corrected chi connectivity index (χ1v) is 8.50. The van der Waals surface area contributed by atoms with E-state index in [1.54, 1.807) is 0 Å². The first kappa shape index (κ1) is 17.7. The van der Waals surface area contributed by atoms with Gasteiger partial charge in [-0.25, -0.2) is 0 Å². The van der Waals surface area contributed by atoms with Crippen molar-refractivity contribution in [3.8, 4) is 0 Å². The SMILES string of the molecule is CC([C@H](C)C/C=N\OCc1ccccc1)[C@H]1C(=O)CCCN1C. The molecule has 1 saturated heterocycles. The summed E-state index contributed by atoms with van der Waals surface area (Å²) >= 11 is 0. The number of Topliss-reactive ketones (excluding diaryl/α,β-unsaturated/α-hetero) is 1. The van der Waals surface area contributed by atoms with Crippen LogP contribution in [0.2, 0.25) is 0 Å². The molecule has 1 fully saturated rings. The fourth-order valence-electron chi connectivity index (χ4n) is 3.20. The van der Waals surface area contributed by atoms with Crippen molar-refractivity contribution in [1.29, 1.82) is 0 Å². The van der Waals surface area contributed by atoms with Gasteiger partial charge in [-0.15, -0.1) is 0 Å². The van der Waals surface area contributed by atoms with E-state index in [1.807, 2.05) is 36.5 Å². The molecule has 1 unspecified atom stereocenters. The Hall–Kier alpha value is -1.68. The van der Waals surface area contributed by atoms with Gasteiger partial charge >= 0.3 is 0 Å². The van der Waals surface area contributed by atoms with Crippen molar-refractivity contribution < 1.29 is 9.63 Å². The zero-order chi connectivity index (χ0) is 16.7. The molecule has 4 heteroatoms. The molecule has 0 bridgehead atoms. The summed E-state index contributed by atoms with van der Waals surface area (Å²) in [5.41, 5.74) is 1.11. The van der Waals surface area contributed by atoms with Crippen LogP contribution in [0.3, 0.4) is 0 Å². The molecule has 23 heavy (non-hydrogen) atoms. The summed E-state index contributed by atoms with van der Waals surface area (Å²) < 4.78 is 0. The van der Waals surface area contributed by atoms with Crippen LogP contribution in [0.5, 0.6) is 0 Å². The summed E-state index contributed by atoms with van der Waals surface area (Å²) in [6.07, 6.45) is 4.37. The molecule has 0 N–H and O–H groups in total. The highest BCUT2D eigenvalue weighted by Crippen LogP contribution is 2.26. The van der Waals surface area contributed by atoms with Gasteiger partial charge in [0.2, 0.25) is 0 Å². The van der Waals surface area contributed by atoms with E-state index >= 15 is 0 Å². The number of nitrogens with zero attached hydrogens (tertiary/aromatic N) is 2. The fourth-order valence-corrected chi connectivity index (χ4v) is 3.20. The molecule has 2 rings (SSSR count). The maximum absolute atomic E-state index is 12.2. The molecule has 0 aliphatic carbocycles. The van der Waals surface area contributed by atoms with Crippen LogP contribution in [0.1, 0.15) is 38.7 Å². The van der Waals surface area contributed by atoms with Crippen LogP contribution >= 0.6 is 0 Å². The van der Waals surface area contributed by atoms with Crippen molar-refractivity contribution in [2.45, 2.75) is 45.8 Å². The zero-order valence-electron chi connectivity index (χ0n) is 14.4. The average molecular weight is 316 g/mol. The number of carbonyl (C=O) groups is 1. The Morgan fingerprint density at radius 3 is 2.78 bits per heavy atom. The molecule has 126 valence electrons. The number of likely N-dealkylation sites (tertiary alicyclic amines) is 1. The number of oxime groups is 1. The van der Waals surface area contributed by atoms with Gasteiger partial charge in [-0.2, -0.15) is 0 Å². The van der Waals surface area contributed by atoms with E-state index in [2.05, 4.69) is 31.0 Å². The average Bonchev–Trinajstić information content (AvgIpc) is 2.55. The Kier molecular flexibility index (Phi) is 6.78. The van der Waals surface area contributed by atoms with E-state index in [9.17, 15) is 4.79 Å². The highest BCUT2D eigenvalue weighted by molar-refractivity contribution is 5.85. The van der Waals surface area contributed by atoms with Gasteiger partial charge in [0, 0.05) is 12.6 Å². The third-order valence-electron chi connectivity index (χ3n) is 4.83. The number of hydrogen-bond donors (Lipinski definition) is 0. The quantitative estimate of drug-likeness (QED) is 0.571. The second-order valence-corrected chi connectivity index (χ2v) is 6.61. The molecule has 1 aromatic rings. The van der Waals surface area contributed by atoms with Crippen LogP contribution in [-0.2, 0) is 16.2 Å². The standard InChI is InChI=1S/C19H28N2O2/c1-15(16(2)19-18(22)10-7-13-21(19)3)11-12-20-23-14-17-8-5-4-6-9-17/h4-6,8-9,12,15-16,19H,7,10-11,13-14H2,1-3H3/b20-12-/t15-,16?,19+/m1/s1. The summed E-state index contributed by atoms with van der Waals surface area (Å²) in [4.78, 5) is 19.7. The largest absolute Gasteiger partial charge is 0.391 e. The molecular weight excluding hydrogens is 288 g/mol. The second-order valence-electron chi connectivity index (χ2n) is 6.61. The monoisotopic (exact) mass is 316 g/mol. The number of ketones is 1. The van der Waals surface area contributed by atoms with Crippen molar-refractivity contribution in [1.82, 2.24) is 4.90 Å². The molecule has 0 spiro atoms. The van der Waals surface area contributed by atoms with Crippen molar-refractivity contribution in [2.24, 2.45) is 17.0 Å². The molecule has 1 heterocycles. The molecule has 1 aliphatic heterocycles. The molecule has 0 aromatic heterocycles. The maximum atomic E-state index is 12.2. The fraction of sp³-hybridized carbons (Fsp3) is 0.579. The first-order valence-electron chi connectivity index (χ1n) is 8.50. The van der Waals surface area contributed by atoms with Gasteiger partial charge in [0.05, 0.1) is 6.04 Å². The molecule has 0 radical (unpaired) electrons. The van der Waals surface area contributed by atoms with Crippen molar-refractivity contribution >= 4 is 12.0 Å². The lowest BCUT2D eigenvalue weighted by Crippen LogP contribution is -2.48. The number of likely N-dealkylation sites (N-methyl/N-ethyl adjacent to an activating group) is 1. The highest BCUT2D eigenvalue weighted by atomic mass is 16.6. The molecule has 0 saturated carbocycles. The van der Waals surface area contributed by atoms with Crippen LogP contribution < -0.4 is 0 Å². The van der Waals surface area contributed by atoms with Gasteiger partial charge in [0.1, 0.15) is 12.4 Å². The molecule has 1 aliphatic rings. The second kappa shape index (κ2) is 8.82. The minimum Gasteiger partial charge on any atom is -0.391 e. The van der Waals surface area contributed by atoms with Crippen molar-refractivity contribution in [2.75, 3.05) is 13.6 Å². The van der Waals surface area contributed by atoms with E-state index in [1.165, 1.54) is 0 Å². The van der Waals surface area contributed by atoms with E-state index < -0.39 is 0 Å². The lowest BCUT2D eigenvalue weighted by atomic mass is 9.81. The number of piperidine rings is 1. The van der Waals surface area contributed by atoms with E-state index in [0.717, 1.165) is 31.4 Å². The van der Waals surface area contributed by atoms with E-state index in [0.29, 0.717) is 24.2 Å². The van der Waals surface area contributed by atoms with E-state index in [-0.39, 0.29) is 6.04 Å². The Morgan fingerprint density at radius 2 is 2.09 bits per heavy atom. The van der Waals surface area contributed by atoms with Crippen molar-refractivity contribution in [3.63, 3.8) is 0 Å². The lowest BCUT2D eigenvalue weighted by molar-refractivity contribution is -0.128. The van der Waals surface area contributed by atoms with Gasteiger partial charge in [0.25, 0.3) is 0 Å². The van der Waals surface area contributed by atoms with Crippen LogP contribution in [-0.4, -0.2) is 36.5 Å². The van der Waals surface area contributed by atoms with E-state index in [4.69, 9.17) is 4.84 Å². The molecular formula is C19H28N2O2. The maximum Gasteiger partial charge on any atom is 0.150 e. The topological polar surface area (TPSA) is 41.9 Å². The van der Waals surface area contributed by atoms with Crippen molar-refractivity contribution in [3.05, 3.63) is 35.9 Å². The summed E-state index contributed by atoms with van der Waals surface area (Å²) in [5, 5.41) is 4.05. The number of rotatable bonds is 7. The molecule has 3 atom stereocenters. The third kappa shape index (κ3) is 5.17. The summed E-state index contributed by atoms with van der Waals surface area (Å²) in [5.74, 6) is 1.11. The molecule has 1 aromatic carbocycles. The molecule has 0 amide bonds. The predicted octanol–water partition coefficient (Wildman–Crippen LogP) is 3.51. The summed E-state index contributed by atoms with van der Waals surface area (Å²) in [6, 6.07) is 10.1. The van der Waals surface area contributed by atoms with Gasteiger partial charge in [0.15, 0.2) is 0 Å². The van der Waals surface area contributed by atoms with Gasteiger partial charge < -0.3 is 4.84 Å². The Labute approximate surface area is 139 Å². The Bertz CT molecular complexity index is 515. The minimum atomic E-state index is 0.0531. The minimum absolute atomic E-state index is 0.0531. The molecule has 4 nitrogen and oxygen atoms in total. The van der Waals surface area contributed by atoms with Gasteiger partial charge in [-0.1, -0.05) is 49.3 Å². The normalized spacial score (nSPS) is 22.2. The van der Waals surface area contributed by atoms with Gasteiger partial charge in [-0.05, 0) is 43.8 Å². The summed E-state index contributed by atoms with van der Waals surface area (Å²) in [7, 11) is 2.06. The Balaban J connectivity index is 1.76. The van der Waals surface area contributed by atoms with Gasteiger partial charge in [-0.3, -0.25) is 9.69 Å². The van der Waals surface area contributed by atoms with Crippen LogP contribution in [0.25, 0.3) is 0 Å². The lowest BCUT2D eigenvalue weighted by Gasteiger charge is -2.37. The van der Waals surface area contributed by atoms with Crippen LogP contribution in [0, 0.1) is 11.8 Å². The number of hydrogen-bond acceptors (Lipinski definition) is 4. The Morgan fingerprint density at radius 1 is 1.35 bits per heavy atom. The smallest absolute Gasteiger partial charge is 0.150 e. The third-order valence-corrected chi connectivity index (χ3v) is 4.83. The zero-order valence-corrected chi connectivity index (χ0v) is 14.4. The van der Waals surface area contributed by atoms with Crippen LogP contribution in [0.15, 0.2) is 35.5 Å². The summed E-state index contributed by atoms with van der Waals surface area (Å²) in [6.45, 7) is 5.87. The predicted molar refractivity (Wildman–Crippen MR) is 93.3 cm³/mol. The highest BCUT2D eigenvalue weighted by Gasteiger charge is 2.33. The van der Waals surface area contributed by atoms with Crippen LogP contribution in [0.4, 0.5) is 0 Å². The number of benzene rings is 1.